The van der Waals surface area contributed by atoms with Gasteiger partial charge < -0.3 is 78.4 Å². The smallest absolute Gasteiger partial charge is 0.397 e. The number of ether oxygens (including phenoxy) is 10. The first-order valence-electron chi connectivity index (χ1n) is 28.5. The van der Waals surface area contributed by atoms with Crippen LogP contribution in [0, 0.1) is 5.92 Å². The molecule has 0 bridgehead atoms. The summed E-state index contributed by atoms with van der Waals surface area (Å²) < 4.78 is 97.4. The fourth-order valence-electron chi connectivity index (χ4n) is 11.3. The molecule has 4 fully saturated rings. The predicted octanol–water partition coefficient (Wildman–Crippen LogP) is -0.337. The first-order valence-corrected chi connectivity index (χ1v) is 29.9. The van der Waals surface area contributed by atoms with E-state index in [-0.39, 0.29) is 25.8 Å². The molecule has 1 aromatic heterocycles. The normalized spacial score (nSPS) is 31.5. The zero-order valence-corrected chi connectivity index (χ0v) is 49.7. The lowest BCUT2D eigenvalue weighted by molar-refractivity contribution is -0.297. The van der Waals surface area contributed by atoms with Crippen LogP contribution in [-0.4, -0.2) is 235 Å². The Hall–Kier alpha value is -4.58. The van der Waals surface area contributed by atoms with Crippen molar-refractivity contribution < 1.29 is 109 Å². The molecule has 4 aliphatic heterocycles. The SMILES string of the molecule is CCCCCCCCCCCCC[C@@H](CC(=O)O[C@H]1CN(C)[C@@H]([C@H](O[C@@H]2O[C@H](CN)[C@@H](O)[C@H]2O)[C@H]2O[C@@H](n3ccc(=O)[nH]c3=O)[C@H](OS(=O)(=O)O)[C@@H]2O)C(=O)N(C)[C@@H]1C(=O)O)OC(=O)C[C@H](C)CC(=O)O[C@@H]1O[C@@H](C)[C@H](OC)[C@@H](OC)[C@H]1OC. The number of nitrogens with two attached hydrogens (primary N) is 1. The first-order chi connectivity index (χ1) is 39.8. The molecule has 0 spiro atoms. The van der Waals surface area contributed by atoms with Crippen molar-refractivity contribution in [2.24, 2.45) is 11.7 Å². The largest absolute Gasteiger partial charge is 0.480 e. The van der Waals surface area contributed by atoms with Gasteiger partial charge in [0.05, 0.1) is 12.5 Å². The number of aliphatic hydroxyl groups is 3. The van der Waals surface area contributed by atoms with Crippen LogP contribution in [-0.2, 0) is 85.9 Å². The number of nitrogens with one attached hydrogen (secondary N) is 1. The van der Waals surface area contributed by atoms with Gasteiger partial charge in [0.25, 0.3) is 5.56 Å². The molecule has 0 saturated carbocycles. The number of aliphatic carboxylic acids is 1. The Kier molecular flexibility index (Phi) is 27.5. The third-order valence-corrected chi connectivity index (χ3v) is 16.0. The minimum absolute atomic E-state index is 0.187. The van der Waals surface area contributed by atoms with Crippen molar-refractivity contribution >= 4 is 40.2 Å². The van der Waals surface area contributed by atoms with Crippen LogP contribution < -0.4 is 17.0 Å². The lowest BCUT2D eigenvalue weighted by Gasteiger charge is -2.43. The predicted molar refractivity (Wildman–Crippen MR) is 290 cm³/mol. The highest BCUT2D eigenvalue weighted by molar-refractivity contribution is 7.80. The summed E-state index contributed by atoms with van der Waals surface area (Å²) in [7, 11) is 1.19. The molecule has 480 valence electrons. The number of hydrogen-bond donors (Lipinski definition) is 7. The molecule has 1 amide bonds. The molecule has 0 aromatic carbocycles. The Morgan fingerprint density at radius 3 is 1.93 bits per heavy atom. The second kappa shape index (κ2) is 33.0. The maximum atomic E-state index is 14.8. The van der Waals surface area contributed by atoms with E-state index in [9.17, 15) is 67.0 Å². The van der Waals surface area contributed by atoms with Crippen LogP contribution in [0.25, 0.3) is 0 Å². The molecule has 0 aliphatic carbocycles. The Labute approximate surface area is 487 Å². The van der Waals surface area contributed by atoms with Gasteiger partial charge in [-0.15, -0.1) is 0 Å². The second-order valence-corrected chi connectivity index (χ2v) is 23.0. The van der Waals surface area contributed by atoms with Crippen LogP contribution in [0.1, 0.15) is 123 Å². The second-order valence-electron chi connectivity index (χ2n) is 21.9. The Morgan fingerprint density at radius 2 is 1.37 bits per heavy atom. The highest BCUT2D eigenvalue weighted by Gasteiger charge is 2.59. The maximum Gasteiger partial charge on any atom is 0.397 e. The molecule has 0 radical (unpaired) electrons. The van der Waals surface area contributed by atoms with Gasteiger partial charge in [-0.2, -0.15) is 8.42 Å². The number of likely N-dealkylation sites (N-methyl/N-ethyl adjacent to an activating group) is 2. The van der Waals surface area contributed by atoms with Gasteiger partial charge in [-0.05, 0) is 32.7 Å². The third-order valence-electron chi connectivity index (χ3n) is 15.6. The molecule has 5 rings (SSSR count). The Morgan fingerprint density at radius 1 is 0.774 bits per heavy atom. The molecule has 4 aliphatic rings. The van der Waals surface area contributed by atoms with Crippen LogP contribution in [0.2, 0.25) is 0 Å². The molecular formula is C53H87N5O25S. The number of carboxylic acids is 1. The molecular weight excluding hydrogens is 1140 g/mol. The van der Waals surface area contributed by atoms with Gasteiger partial charge in [-0.25, -0.2) is 13.8 Å². The Balaban J connectivity index is 1.37. The van der Waals surface area contributed by atoms with E-state index < -0.39 is 181 Å². The van der Waals surface area contributed by atoms with Crippen LogP contribution in [0.4, 0.5) is 0 Å². The number of rotatable bonds is 33. The van der Waals surface area contributed by atoms with Crippen molar-refractivity contribution in [3.05, 3.63) is 33.1 Å². The van der Waals surface area contributed by atoms with Crippen molar-refractivity contribution in [2.75, 3.05) is 48.5 Å². The summed E-state index contributed by atoms with van der Waals surface area (Å²) in [5.41, 5.74) is 3.63. The molecule has 84 heavy (non-hydrogen) atoms. The van der Waals surface area contributed by atoms with E-state index in [0.717, 1.165) is 69.2 Å². The van der Waals surface area contributed by atoms with Crippen LogP contribution in [0.5, 0.6) is 0 Å². The lowest BCUT2D eigenvalue weighted by Crippen LogP contribution is -2.59. The molecule has 8 N–H and O–H groups in total. The number of aromatic nitrogens is 2. The summed E-state index contributed by atoms with van der Waals surface area (Å²) in [5.74, 6) is -5.92. The van der Waals surface area contributed by atoms with Gasteiger partial charge in [0.15, 0.2) is 24.7 Å². The number of hydrogen-bond acceptors (Lipinski definition) is 25. The molecule has 5 heterocycles. The van der Waals surface area contributed by atoms with Gasteiger partial charge in [-0.1, -0.05) is 78.1 Å². The van der Waals surface area contributed by atoms with Crippen molar-refractivity contribution in [3.63, 3.8) is 0 Å². The minimum atomic E-state index is -5.49. The Bertz CT molecular complexity index is 2520. The standard InChI is InChI=1S/C53H87N5O25S/c1-9-10-11-12-13-14-15-16-17-18-19-20-30(77-34(60)23-28(2)24-35(61)80-52-47(75-8)46(74-7)42(73-6)29(3)76-52)25-36(62)78-32-27-56(4)38(48(66)57(5)37(32)50(67)68)43(82-51-40(64)39(63)31(26-54)79-51)44-41(65)45(83-84(70,71)72)49(81-44)58-22-21-33(59)55-53(58)69/h21-22,28-32,37-47,49,51-52,63-65H,9-20,23-27,54H2,1-8H3,(H,67,68)(H,55,59,69)(H,70,71,72)/t28-,29-,30-,31+,32-,37-,38-,39+,40+,41+,42-,43-,44-,45+,46+,47+,49+,51-,52-/m0/s1. The number of methoxy groups -OCH3 is 3. The average Bonchev–Trinajstić information content (AvgIpc) is 3.03. The van der Waals surface area contributed by atoms with Crippen LogP contribution >= 0.6 is 0 Å². The maximum absolute atomic E-state index is 14.8. The van der Waals surface area contributed by atoms with Gasteiger partial charge in [0.2, 0.25) is 12.2 Å². The van der Waals surface area contributed by atoms with E-state index in [2.05, 4.69) is 6.92 Å². The first kappa shape index (κ1) is 70.2. The van der Waals surface area contributed by atoms with Gasteiger partial charge >= 0.3 is 40.0 Å². The van der Waals surface area contributed by atoms with Crippen molar-refractivity contribution in [1.82, 2.24) is 19.4 Å². The molecule has 31 heteroatoms. The summed E-state index contributed by atoms with van der Waals surface area (Å²) in [6.45, 7) is 4.54. The molecule has 19 atom stereocenters. The number of carbonyl (C=O) groups is 5. The van der Waals surface area contributed by atoms with E-state index in [1.165, 1.54) is 47.6 Å². The fraction of sp³-hybridized carbons (Fsp3) is 0.830. The average molecular weight is 1230 g/mol. The molecule has 0 unspecified atom stereocenters. The number of H-pyrrole nitrogens is 1. The quantitative estimate of drug-likeness (QED) is 0.0205. The summed E-state index contributed by atoms with van der Waals surface area (Å²) in [4.78, 5) is 98.0. The minimum Gasteiger partial charge on any atom is -0.480 e. The van der Waals surface area contributed by atoms with E-state index >= 15 is 0 Å². The molecule has 30 nitrogen and oxygen atoms in total. The number of aromatic amines is 1. The van der Waals surface area contributed by atoms with E-state index in [1.807, 2.05) is 4.98 Å². The van der Waals surface area contributed by atoms with Crippen LogP contribution in [0.15, 0.2) is 21.9 Å². The van der Waals surface area contributed by atoms with Gasteiger partial charge in [0, 0.05) is 66.6 Å². The van der Waals surface area contributed by atoms with Crippen LogP contribution in [0.3, 0.4) is 0 Å². The van der Waals surface area contributed by atoms with Crippen molar-refractivity contribution in [3.8, 4) is 0 Å². The molecule has 1 aromatic rings. The summed E-state index contributed by atoms with van der Waals surface area (Å²) in [6, 6.07) is -3.00. The number of unbranched alkanes of at least 4 members (excludes halogenated alkanes) is 10. The summed E-state index contributed by atoms with van der Waals surface area (Å²) >= 11 is 0. The monoisotopic (exact) mass is 1230 g/mol. The van der Waals surface area contributed by atoms with E-state index in [0.29, 0.717) is 15.9 Å². The number of amides is 1. The summed E-state index contributed by atoms with van der Waals surface area (Å²) in [5, 5.41) is 44.4. The number of aliphatic hydroxyl groups excluding tert-OH is 3. The summed E-state index contributed by atoms with van der Waals surface area (Å²) in [6.07, 6.45) is -12.9. The van der Waals surface area contributed by atoms with Crippen molar-refractivity contribution in [1.29, 1.82) is 0 Å². The van der Waals surface area contributed by atoms with E-state index in [4.69, 9.17) is 57.3 Å². The zero-order valence-electron chi connectivity index (χ0n) is 48.9. The van der Waals surface area contributed by atoms with Crippen molar-refractivity contribution in [2.45, 2.75) is 227 Å². The highest BCUT2D eigenvalue weighted by Crippen LogP contribution is 2.39. The third kappa shape index (κ3) is 19.0. The molecule has 4 saturated heterocycles. The number of carboxylic acid groups (broad SMARTS) is 1. The van der Waals surface area contributed by atoms with E-state index in [1.54, 1.807) is 13.8 Å². The topological polar surface area (TPSA) is 410 Å². The lowest BCUT2D eigenvalue weighted by atomic mass is 9.97. The zero-order chi connectivity index (χ0) is 62.2. The highest BCUT2D eigenvalue weighted by atomic mass is 32.3. The number of esters is 3. The van der Waals surface area contributed by atoms with Gasteiger partial charge in [0.1, 0.15) is 73.2 Å². The number of carbonyl (C=O) groups excluding carboxylic acids is 4. The fourth-order valence-corrected chi connectivity index (χ4v) is 11.7. The van der Waals surface area contributed by atoms with Gasteiger partial charge in [-0.3, -0.25) is 43.0 Å². The number of nitrogens with zero attached hydrogens (tertiary/aromatic N) is 3.